The van der Waals surface area contributed by atoms with Gasteiger partial charge in [0.2, 0.25) is 0 Å². The highest BCUT2D eigenvalue weighted by Gasteiger charge is 2.25. The quantitative estimate of drug-likeness (QED) is 0.610. The van der Waals surface area contributed by atoms with Crippen LogP contribution < -0.4 is 0 Å². The summed E-state index contributed by atoms with van der Waals surface area (Å²) in [5.41, 5.74) is 9.14. The molecule has 3 nitrogen and oxygen atoms in total. The van der Waals surface area contributed by atoms with Gasteiger partial charge in [-0.1, -0.05) is 12.1 Å². The number of hydrogen-bond donors (Lipinski definition) is 1. The van der Waals surface area contributed by atoms with Gasteiger partial charge in [0, 0.05) is 35.0 Å². The molecular formula is C19H19N3S. The average Bonchev–Trinajstić information content (AvgIpc) is 3.32. The van der Waals surface area contributed by atoms with Gasteiger partial charge in [0.25, 0.3) is 0 Å². The van der Waals surface area contributed by atoms with Crippen molar-refractivity contribution in [1.82, 2.24) is 15.1 Å². The van der Waals surface area contributed by atoms with Crippen LogP contribution >= 0.6 is 11.3 Å². The van der Waals surface area contributed by atoms with Gasteiger partial charge in [0.05, 0.1) is 11.4 Å². The van der Waals surface area contributed by atoms with E-state index < -0.39 is 0 Å². The molecule has 0 saturated carbocycles. The summed E-state index contributed by atoms with van der Waals surface area (Å²) < 4.78 is 0. The van der Waals surface area contributed by atoms with Crippen molar-refractivity contribution in [3.63, 3.8) is 0 Å². The molecule has 1 aromatic carbocycles. The van der Waals surface area contributed by atoms with Crippen LogP contribution in [0.25, 0.3) is 22.5 Å². The number of likely N-dealkylation sites (tertiary alicyclic amines) is 1. The van der Waals surface area contributed by atoms with Crippen molar-refractivity contribution in [3.05, 3.63) is 51.7 Å². The van der Waals surface area contributed by atoms with Gasteiger partial charge < -0.3 is 0 Å². The maximum Gasteiger partial charge on any atom is 0.0970 e. The zero-order valence-corrected chi connectivity index (χ0v) is 13.8. The van der Waals surface area contributed by atoms with Crippen molar-refractivity contribution >= 4 is 11.3 Å². The Labute approximate surface area is 140 Å². The van der Waals surface area contributed by atoms with Crippen molar-refractivity contribution in [3.8, 4) is 22.5 Å². The van der Waals surface area contributed by atoms with Crippen molar-refractivity contribution in [1.29, 1.82) is 0 Å². The molecule has 1 fully saturated rings. The molecule has 116 valence electrons. The van der Waals surface area contributed by atoms with Gasteiger partial charge in [-0.05, 0) is 54.6 Å². The minimum Gasteiger partial charge on any atom is -0.299 e. The van der Waals surface area contributed by atoms with E-state index in [4.69, 9.17) is 0 Å². The molecule has 0 atom stereocenters. The van der Waals surface area contributed by atoms with E-state index in [0.717, 1.165) is 18.7 Å². The first-order chi connectivity index (χ1) is 11.4. The Morgan fingerprint density at radius 3 is 2.91 bits per heavy atom. The van der Waals surface area contributed by atoms with Crippen LogP contribution in [0.4, 0.5) is 0 Å². The molecule has 5 rings (SSSR count). The molecular weight excluding hydrogens is 302 g/mol. The van der Waals surface area contributed by atoms with Crippen LogP contribution in [0.1, 0.15) is 29.5 Å². The Bertz CT molecular complexity index is 842. The Hall–Kier alpha value is -1.91. The molecule has 2 aliphatic rings. The number of aromatic amines is 1. The monoisotopic (exact) mass is 321 g/mol. The lowest BCUT2D eigenvalue weighted by Gasteiger charge is -2.15. The molecule has 0 unspecified atom stereocenters. The molecule has 0 radical (unpaired) electrons. The molecule has 3 heterocycles. The SMILES string of the molecule is c1cc(-c2n[nH]c3c2Cc2ccc(CN4CCCC4)cc2-3)cs1. The summed E-state index contributed by atoms with van der Waals surface area (Å²) >= 11 is 1.73. The molecule has 0 bridgehead atoms. The smallest absolute Gasteiger partial charge is 0.0970 e. The minimum absolute atomic E-state index is 0.996. The fraction of sp³-hybridized carbons (Fsp3) is 0.316. The maximum absolute atomic E-state index is 4.58. The van der Waals surface area contributed by atoms with E-state index in [9.17, 15) is 0 Å². The number of rotatable bonds is 3. The summed E-state index contributed by atoms with van der Waals surface area (Å²) in [6.45, 7) is 3.57. The highest BCUT2D eigenvalue weighted by atomic mass is 32.1. The predicted octanol–water partition coefficient (Wildman–Crippen LogP) is 4.31. The van der Waals surface area contributed by atoms with E-state index in [0.29, 0.717) is 0 Å². The molecule has 1 N–H and O–H groups in total. The van der Waals surface area contributed by atoms with Crippen molar-refractivity contribution in [2.75, 3.05) is 13.1 Å². The van der Waals surface area contributed by atoms with E-state index in [1.54, 1.807) is 11.3 Å². The molecule has 4 heteroatoms. The number of hydrogen-bond acceptors (Lipinski definition) is 3. The van der Waals surface area contributed by atoms with Gasteiger partial charge in [0.1, 0.15) is 0 Å². The topological polar surface area (TPSA) is 31.9 Å². The number of thiophene rings is 1. The zero-order valence-electron chi connectivity index (χ0n) is 13.0. The summed E-state index contributed by atoms with van der Waals surface area (Å²) in [5.74, 6) is 0. The van der Waals surface area contributed by atoms with Crippen molar-refractivity contribution < 1.29 is 0 Å². The first kappa shape index (κ1) is 13.5. The molecule has 1 aliphatic heterocycles. The first-order valence-corrected chi connectivity index (χ1v) is 9.27. The van der Waals surface area contributed by atoms with E-state index in [1.807, 2.05) is 0 Å². The first-order valence-electron chi connectivity index (χ1n) is 8.33. The lowest BCUT2D eigenvalue weighted by atomic mass is 10.1. The van der Waals surface area contributed by atoms with E-state index in [1.165, 1.54) is 59.4 Å². The lowest BCUT2D eigenvalue weighted by Crippen LogP contribution is -2.18. The van der Waals surface area contributed by atoms with Gasteiger partial charge in [-0.15, -0.1) is 0 Å². The van der Waals surface area contributed by atoms with Crippen LogP contribution in [-0.4, -0.2) is 28.2 Å². The number of nitrogens with one attached hydrogen (secondary N) is 1. The van der Waals surface area contributed by atoms with Crippen LogP contribution in [0.2, 0.25) is 0 Å². The van der Waals surface area contributed by atoms with Crippen LogP contribution in [-0.2, 0) is 13.0 Å². The van der Waals surface area contributed by atoms with Gasteiger partial charge in [-0.3, -0.25) is 10.00 Å². The van der Waals surface area contributed by atoms with Crippen LogP contribution in [0.15, 0.2) is 35.0 Å². The Kier molecular flexibility index (Phi) is 3.13. The lowest BCUT2D eigenvalue weighted by molar-refractivity contribution is 0.331. The molecule has 2 aromatic heterocycles. The Morgan fingerprint density at radius 2 is 2.09 bits per heavy atom. The second kappa shape index (κ2) is 5.32. The number of nitrogens with zero attached hydrogens (tertiary/aromatic N) is 2. The Morgan fingerprint density at radius 1 is 1.17 bits per heavy atom. The average molecular weight is 321 g/mol. The van der Waals surface area contributed by atoms with Crippen molar-refractivity contribution in [2.24, 2.45) is 0 Å². The fourth-order valence-electron chi connectivity index (χ4n) is 3.90. The predicted molar refractivity (Wildman–Crippen MR) is 94.7 cm³/mol. The number of H-pyrrole nitrogens is 1. The zero-order chi connectivity index (χ0) is 15.2. The number of aromatic nitrogens is 2. The van der Waals surface area contributed by atoms with Gasteiger partial charge in [0.15, 0.2) is 0 Å². The van der Waals surface area contributed by atoms with Crippen LogP contribution in [0, 0.1) is 0 Å². The highest BCUT2D eigenvalue weighted by Crippen LogP contribution is 2.40. The fourth-order valence-corrected chi connectivity index (χ4v) is 4.54. The highest BCUT2D eigenvalue weighted by molar-refractivity contribution is 7.08. The third kappa shape index (κ3) is 2.25. The Balaban J connectivity index is 1.50. The number of benzene rings is 1. The van der Waals surface area contributed by atoms with Crippen LogP contribution in [0.3, 0.4) is 0 Å². The molecule has 0 amide bonds. The van der Waals surface area contributed by atoms with E-state index >= 15 is 0 Å². The minimum atomic E-state index is 0.996. The maximum atomic E-state index is 4.58. The van der Waals surface area contributed by atoms with Gasteiger partial charge >= 0.3 is 0 Å². The van der Waals surface area contributed by atoms with Crippen LogP contribution in [0.5, 0.6) is 0 Å². The third-order valence-corrected chi connectivity index (χ3v) is 5.76. The van der Waals surface area contributed by atoms with E-state index in [-0.39, 0.29) is 0 Å². The van der Waals surface area contributed by atoms with Gasteiger partial charge in [-0.2, -0.15) is 16.4 Å². The van der Waals surface area contributed by atoms with Gasteiger partial charge in [-0.25, -0.2) is 0 Å². The van der Waals surface area contributed by atoms with E-state index in [2.05, 4.69) is 50.1 Å². The largest absolute Gasteiger partial charge is 0.299 e. The third-order valence-electron chi connectivity index (χ3n) is 5.08. The summed E-state index contributed by atoms with van der Waals surface area (Å²) in [6.07, 6.45) is 3.69. The standard InChI is InChI=1S/C19H19N3S/c1-2-7-22(6-1)11-13-3-4-14-10-17-18(15-5-8-23-12-15)20-21-19(17)16(14)9-13/h3-5,8-9,12H,1-2,6-7,10-11H2,(H,20,21). The van der Waals surface area contributed by atoms with Crippen molar-refractivity contribution in [2.45, 2.75) is 25.8 Å². The summed E-state index contributed by atoms with van der Waals surface area (Å²) in [6, 6.07) is 9.14. The molecule has 1 aliphatic carbocycles. The molecule has 23 heavy (non-hydrogen) atoms. The molecule has 1 saturated heterocycles. The summed E-state index contributed by atoms with van der Waals surface area (Å²) in [4.78, 5) is 2.56. The second-order valence-electron chi connectivity index (χ2n) is 6.59. The second-order valence-corrected chi connectivity index (χ2v) is 7.37. The molecule has 3 aromatic rings. The molecule has 0 spiro atoms. The summed E-state index contributed by atoms with van der Waals surface area (Å²) in [5, 5.41) is 12.2. The normalized spacial score (nSPS) is 16.7. The number of fused-ring (bicyclic) bond motifs is 3. The summed E-state index contributed by atoms with van der Waals surface area (Å²) in [7, 11) is 0.